The number of aliphatic imine (C=N–C) groups is 1. The minimum absolute atomic E-state index is 0.0597. The van der Waals surface area contributed by atoms with E-state index in [4.69, 9.17) is 4.99 Å². The van der Waals surface area contributed by atoms with Crippen molar-refractivity contribution in [1.82, 2.24) is 14.5 Å². The maximum atomic E-state index is 5.37. The Kier molecular flexibility index (Phi) is 7.57. The lowest BCUT2D eigenvalue weighted by Gasteiger charge is -2.25. The topological polar surface area (TPSA) is 34.2 Å². The maximum absolute atomic E-state index is 5.37. The molecule has 5 heteroatoms. The van der Waals surface area contributed by atoms with Gasteiger partial charge in [0.1, 0.15) is 0 Å². The van der Waals surface area contributed by atoms with Crippen molar-refractivity contribution in [1.29, 1.82) is 0 Å². The Balaban J connectivity index is 1.05. The van der Waals surface area contributed by atoms with Gasteiger partial charge in [-0.3, -0.25) is 4.57 Å². The summed E-state index contributed by atoms with van der Waals surface area (Å²) in [6.07, 6.45) is 2.24. The normalized spacial score (nSPS) is 14.7. The van der Waals surface area contributed by atoms with Crippen molar-refractivity contribution in [2.75, 3.05) is 0 Å². The average Bonchev–Trinajstić information content (AvgIpc) is 3.85. The van der Waals surface area contributed by atoms with Crippen molar-refractivity contribution in [2.24, 2.45) is 4.99 Å². The van der Waals surface area contributed by atoms with Crippen molar-refractivity contribution in [3.8, 4) is 27.9 Å². The van der Waals surface area contributed by atoms with E-state index in [1.807, 2.05) is 11.8 Å². The number of benzene rings is 9. The zero-order valence-corrected chi connectivity index (χ0v) is 33.8. The molecule has 1 N–H and O–H groups in total. The van der Waals surface area contributed by atoms with E-state index in [1.54, 1.807) is 0 Å². The van der Waals surface area contributed by atoms with Gasteiger partial charge in [0, 0.05) is 48.0 Å². The van der Waals surface area contributed by atoms with E-state index in [-0.39, 0.29) is 6.04 Å². The maximum Gasteiger partial charge on any atom is 0.209 e. The van der Waals surface area contributed by atoms with Crippen LogP contribution in [0.15, 0.2) is 221 Å². The lowest BCUT2D eigenvalue weighted by molar-refractivity contribution is 0.760. The molecule has 9 aromatic carbocycles. The Hall–Kier alpha value is -7.60. The molecule has 11 aromatic rings. The predicted octanol–water partition coefficient (Wildman–Crippen LogP) is 14.4. The number of nitrogens with one attached hydrogen (secondary N) is 1. The van der Waals surface area contributed by atoms with Gasteiger partial charge in [0.25, 0.3) is 0 Å². The predicted molar refractivity (Wildman–Crippen MR) is 256 cm³/mol. The van der Waals surface area contributed by atoms with E-state index in [1.165, 1.54) is 81.0 Å². The second-order valence-electron chi connectivity index (χ2n) is 15.9. The number of para-hydroxylation sites is 2. The minimum atomic E-state index is -0.0597. The smallest absolute Gasteiger partial charge is 0.209 e. The molecule has 0 radical (unpaired) electrons. The molecule has 0 fully saturated rings. The Morgan fingerprint density at radius 3 is 1.97 bits per heavy atom. The van der Waals surface area contributed by atoms with Crippen LogP contribution in [0.3, 0.4) is 0 Å². The van der Waals surface area contributed by atoms with E-state index in [9.17, 15) is 0 Å². The lowest BCUT2D eigenvalue weighted by atomic mass is 9.94. The van der Waals surface area contributed by atoms with Gasteiger partial charge in [-0.2, -0.15) is 0 Å². The highest BCUT2D eigenvalue weighted by atomic mass is 32.2. The molecule has 0 saturated carbocycles. The summed E-state index contributed by atoms with van der Waals surface area (Å²) in [5, 5.41) is 11.4. The molecule has 0 saturated heterocycles. The average molecular weight is 797 g/mol. The Bertz CT molecular complexity index is 3640. The van der Waals surface area contributed by atoms with Gasteiger partial charge in [-0.15, -0.1) is 0 Å². The van der Waals surface area contributed by atoms with Crippen LogP contribution < -0.4 is 5.32 Å². The van der Waals surface area contributed by atoms with Crippen LogP contribution in [0.1, 0.15) is 17.2 Å². The third-order valence-electron chi connectivity index (χ3n) is 12.5. The molecule has 0 amide bonds. The Labute approximate surface area is 356 Å². The molecule has 286 valence electrons. The summed E-state index contributed by atoms with van der Waals surface area (Å²) in [5.41, 5.74) is 14.0. The van der Waals surface area contributed by atoms with Crippen LogP contribution in [0.25, 0.3) is 88.0 Å². The van der Waals surface area contributed by atoms with Crippen molar-refractivity contribution in [3.63, 3.8) is 0 Å². The first kappa shape index (κ1) is 34.3. The molecule has 2 aliphatic rings. The monoisotopic (exact) mass is 796 g/mol. The fourth-order valence-electron chi connectivity index (χ4n) is 9.91. The summed E-state index contributed by atoms with van der Waals surface area (Å²) < 4.78 is 4.80. The van der Waals surface area contributed by atoms with Gasteiger partial charge in [0.15, 0.2) is 0 Å². The minimum Gasteiger partial charge on any atom is -0.345 e. The number of rotatable bonds is 4. The molecule has 0 aliphatic carbocycles. The molecule has 4 heterocycles. The van der Waals surface area contributed by atoms with Crippen molar-refractivity contribution in [3.05, 3.63) is 217 Å². The van der Waals surface area contributed by atoms with Gasteiger partial charge in [0.05, 0.1) is 33.8 Å². The van der Waals surface area contributed by atoms with Crippen LogP contribution in [0, 0.1) is 0 Å². The number of aromatic nitrogens is 2. The first-order chi connectivity index (χ1) is 30.3. The van der Waals surface area contributed by atoms with Crippen molar-refractivity contribution >= 4 is 77.8 Å². The van der Waals surface area contributed by atoms with Crippen LogP contribution in [0.5, 0.6) is 0 Å². The van der Waals surface area contributed by atoms with E-state index in [2.05, 4.69) is 221 Å². The molecule has 61 heavy (non-hydrogen) atoms. The summed E-state index contributed by atoms with van der Waals surface area (Å²) in [6, 6.07) is 72.6. The third kappa shape index (κ3) is 5.24. The molecule has 4 nitrogen and oxygen atoms in total. The third-order valence-corrected chi connectivity index (χ3v) is 13.7. The fraction of sp³-hybridized carbons (Fsp3) is 0.0179. The lowest BCUT2D eigenvalue weighted by Crippen LogP contribution is -2.35. The van der Waals surface area contributed by atoms with Crippen molar-refractivity contribution < 1.29 is 0 Å². The second kappa shape index (κ2) is 13.5. The zero-order chi connectivity index (χ0) is 40.0. The second-order valence-corrected chi connectivity index (χ2v) is 17.0. The van der Waals surface area contributed by atoms with E-state index in [0.29, 0.717) is 0 Å². The molecule has 2 aliphatic heterocycles. The number of fused-ring (bicyclic) bond motifs is 9. The van der Waals surface area contributed by atoms with Gasteiger partial charge < -0.3 is 9.88 Å². The quantitative estimate of drug-likeness (QED) is 0.192. The molecule has 0 bridgehead atoms. The summed E-state index contributed by atoms with van der Waals surface area (Å²) in [6.45, 7) is 0. The van der Waals surface area contributed by atoms with E-state index in [0.717, 1.165) is 33.9 Å². The standard InChI is InChI=1S/C56H36N4S/c1-4-16-35(17-5-1)45-33-46(36-18-6-2-7-19-36)58-56(57-45)60-47-27-12-10-23-42(47)53-39(24-15-28-48(53)60)37-30-31-43-49(32-37)59(38-20-8-3-9-21-38)50-34-52-55-41(25-14-26-44(55)54(43)50)40-22-11-13-29-51(40)61-52/h1-34,45H,(H,57,58). The zero-order valence-electron chi connectivity index (χ0n) is 33.0. The van der Waals surface area contributed by atoms with E-state index >= 15 is 0 Å². The molecule has 2 aromatic heterocycles. The first-order valence-electron chi connectivity index (χ1n) is 20.8. The van der Waals surface area contributed by atoms with Crippen LogP contribution >= 0.6 is 11.8 Å². The molecule has 1 atom stereocenters. The molecule has 13 rings (SSSR count). The first-order valence-corrected chi connectivity index (χ1v) is 21.7. The number of nitrogens with zero attached hydrogens (tertiary/aromatic N) is 3. The van der Waals surface area contributed by atoms with Gasteiger partial charge in [0.2, 0.25) is 5.96 Å². The van der Waals surface area contributed by atoms with Crippen LogP contribution in [-0.4, -0.2) is 15.1 Å². The largest absolute Gasteiger partial charge is 0.345 e. The van der Waals surface area contributed by atoms with Crippen LogP contribution in [0.4, 0.5) is 0 Å². The SMILES string of the molecule is C1=C(c2ccccc2)N=C(n2c3ccccc3c3c(-c4ccc5c6c7cccc8c7c(cc6n(-c6ccccc6)c5c4)Sc4ccccc4-8)cccc32)NC1c1ccccc1. The molecule has 0 spiro atoms. The summed E-state index contributed by atoms with van der Waals surface area (Å²) in [5.74, 6) is 0.803. The molecule has 1 unspecified atom stereocenters. The van der Waals surface area contributed by atoms with Gasteiger partial charge in [-0.1, -0.05) is 169 Å². The van der Waals surface area contributed by atoms with Gasteiger partial charge in [-0.25, -0.2) is 4.99 Å². The molecular formula is C56H36N4S. The highest BCUT2D eigenvalue weighted by Crippen LogP contribution is 2.51. The van der Waals surface area contributed by atoms with Crippen LogP contribution in [0.2, 0.25) is 0 Å². The Morgan fingerprint density at radius 2 is 1.10 bits per heavy atom. The summed E-state index contributed by atoms with van der Waals surface area (Å²) in [7, 11) is 0. The highest BCUT2D eigenvalue weighted by Gasteiger charge is 2.26. The number of hydrogen-bond donors (Lipinski definition) is 1. The van der Waals surface area contributed by atoms with Gasteiger partial charge in [-0.05, 0) is 81.7 Å². The van der Waals surface area contributed by atoms with Crippen molar-refractivity contribution in [2.45, 2.75) is 15.8 Å². The van der Waals surface area contributed by atoms with Crippen LogP contribution in [-0.2, 0) is 0 Å². The highest BCUT2D eigenvalue weighted by molar-refractivity contribution is 7.99. The fourth-order valence-corrected chi connectivity index (χ4v) is 11.1. The van der Waals surface area contributed by atoms with E-state index < -0.39 is 0 Å². The summed E-state index contributed by atoms with van der Waals surface area (Å²) in [4.78, 5) is 7.97. The Morgan fingerprint density at radius 1 is 0.426 bits per heavy atom. The summed E-state index contributed by atoms with van der Waals surface area (Å²) >= 11 is 1.88. The number of hydrogen-bond acceptors (Lipinski definition) is 3. The van der Waals surface area contributed by atoms with Gasteiger partial charge >= 0.3 is 0 Å². The molecular weight excluding hydrogens is 761 g/mol.